The lowest BCUT2D eigenvalue weighted by Gasteiger charge is -2.17. The van der Waals surface area contributed by atoms with Crippen molar-refractivity contribution >= 4 is 23.9 Å². The zero-order chi connectivity index (χ0) is 34.5. The van der Waals surface area contributed by atoms with E-state index in [1.54, 1.807) is 69.3 Å². The lowest BCUT2D eigenvalue weighted by atomic mass is 10.1. The van der Waals surface area contributed by atoms with Crippen LogP contribution in [0.25, 0.3) is 0 Å². The van der Waals surface area contributed by atoms with E-state index in [1.807, 2.05) is 0 Å². The number of rotatable bonds is 18. The molecule has 0 amide bonds. The Balaban J connectivity index is 1.14. The molecule has 2 aromatic carbocycles. The molecule has 2 aliphatic heterocycles. The minimum absolute atomic E-state index is 0.115. The number of fused-ring (bicyclic) bond motifs is 1. The Morgan fingerprint density at radius 3 is 1.52 bits per heavy atom. The molecule has 2 aromatic rings. The monoisotopic (exact) mass is 668 g/mol. The molecular weight excluding hydrogens is 624 g/mol. The molecule has 2 unspecified atom stereocenters. The minimum atomic E-state index is -0.653. The van der Waals surface area contributed by atoms with Crippen LogP contribution in [0.3, 0.4) is 0 Å². The normalized spacial score (nSPS) is 19.7. The number of hydrogen-bond acceptors (Lipinski definition) is 12. The molecule has 0 saturated carbocycles. The predicted octanol–water partition coefficient (Wildman–Crippen LogP) is 4.87. The third kappa shape index (κ3) is 10.8. The van der Waals surface area contributed by atoms with Crippen LogP contribution < -0.4 is 9.47 Å². The number of carbonyl (C=O) groups excluding carboxylic acids is 4. The van der Waals surface area contributed by atoms with Gasteiger partial charge in [-0.1, -0.05) is 20.4 Å². The fourth-order valence-electron chi connectivity index (χ4n) is 4.83. The number of ether oxygens (including phenoxy) is 8. The van der Waals surface area contributed by atoms with Crippen molar-refractivity contribution in [3.8, 4) is 11.5 Å². The summed E-state index contributed by atoms with van der Waals surface area (Å²) in [6.45, 7) is 10.5. The quantitative estimate of drug-likeness (QED) is 0.0926. The van der Waals surface area contributed by atoms with Gasteiger partial charge in [-0.25, -0.2) is 14.4 Å². The van der Waals surface area contributed by atoms with Crippen LogP contribution in [0, 0.1) is 5.92 Å². The summed E-state index contributed by atoms with van der Waals surface area (Å²) in [5.41, 5.74) is 1.06. The molecule has 2 fully saturated rings. The maximum atomic E-state index is 12.8. The lowest BCUT2D eigenvalue weighted by Crippen LogP contribution is -2.36. The van der Waals surface area contributed by atoms with Gasteiger partial charge in [-0.05, 0) is 81.1 Å². The predicted molar refractivity (Wildman–Crippen MR) is 172 cm³/mol. The van der Waals surface area contributed by atoms with Crippen LogP contribution in [0.4, 0.5) is 0 Å². The van der Waals surface area contributed by atoms with Gasteiger partial charge in [-0.2, -0.15) is 0 Å². The number of hydrogen-bond donors (Lipinski definition) is 0. The van der Waals surface area contributed by atoms with E-state index in [1.165, 1.54) is 0 Å². The summed E-state index contributed by atoms with van der Waals surface area (Å²) in [6.07, 6.45) is 0.334. The van der Waals surface area contributed by atoms with Crippen LogP contribution in [0.15, 0.2) is 60.7 Å². The second-order valence-corrected chi connectivity index (χ2v) is 11.9. The van der Waals surface area contributed by atoms with E-state index in [0.717, 1.165) is 6.42 Å². The van der Waals surface area contributed by atoms with Crippen molar-refractivity contribution in [2.45, 2.75) is 70.9 Å². The molecule has 0 bridgehead atoms. The van der Waals surface area contributed by atoms with Gasteiger partial charge in [0.2, 0.25) is 0 Å². The van der Waals surface area contributed by atoms with Gasteiger partial charge in [0, 0.05) is 5.57 Å². The topological polar surface area (TPSA) is 142 Å². The van der Waals surface area contributed by atoms with E-state index in [-0.39, 0.29) is 25.1 Å². The zero-order valence-electron chi connectivity index (χ0n) is 27.7. The van der Waals surface area contributed by atoms with Crippen molar-refractivity contribution in [1.82, 2.24) is 0 Å². The second kappa shape index (κ2) is 18.2. The molecule has 0 aromatic heterocycles. The molecule has 2 heterocycles. The third-order valence-electron chi connectivity index (χ3n) is 7.57. The van der Waals surface area contributed by atoms with Crippen molar-refractivity contribution in [3.05, 3.63) is 71.8 Å². The maximum Gasteiger partial charge on any atom is 0.338 e. The molecule has 0 radical (unpaired) electrons. The van der Waals surface area contributed by atoms with Crippen molar-refractivity contribution in [1.29, 1.82) is 0 Å². The summed E-state index contributed by atoms with van der Waals surface area (Å²) >= 11 is 0. The molecule has 0 spiro atoms. The molecule has 0 aliphatic carbocycles. The highest BCUT2D eigenvalue weighted by atomic mass is 16.7. The van der Waals surface area contributed by atoms with Gasteiger partial charge in [0.15, 0.2) is 12.2 Å². The highest BCUT2D eigenvalue weighted by molar-refractivity contribution is 5.90. The molecule has 2 saturated heterocycles. The van der Waals surface area contributed by atoms with E-state index in [2.05, 4.69) is 6.58 Å². The highest BCUT2D eigenvalue weighted by Crippen LogP contribution is 2.32. The van der Waals surface area contributed by atoms with Gasteiger partial charge in [0.25, 0.3) is 0 Å². The standard InChI is InChI=1S/C36H44O12/c1-23(2)33(37)43-19-7-5-17-41-27-13-9-25(10-14-27)35(39)47-29-21-45-32-30(22-46-31(29)32)48-36(40)26-11-15-28(16-12-26)42-18-6-8-20-44-34(38)24(3)4/h9-16,24,29-32H,1,5-8,17-22H2,2-4H3/t29-,30-,31?,32?/m1/s1. The molecule has 4 atom stereocenters. The van der Waals surface area contributed by atoms with Crippen LogP contribution in [0.5, 0.6) is 11.5 Å². The summed E-state index contributed by atoms with van der Waals surface area (Å²) in [6, 6.07) is 13.2. The Morgan fingerprint density at radius 2 is 1.10 bits per heavy atom. The van der Waals surface area contributed by atoms with Crippen LogP contribution in [0.1, 0.15) is 67.2 Å². The number of benzene rings is 2. The smallest absolute Gasteiger partial charge is 0.338 e. The molecule has 48 heavy (non-hydrogen) atoms. The van der Waals surface area contributed by atoms with Gasteiger partial charge in [0.05, 0.1) is 56.7 Å². The first-order valence-electron chi connectivity index (χ1n) is 16.2. The number of unbranched alkanes of at least 4 members (excludes halogenated alkanes) is 2. The first-order chi connectivity index (χ1) is 23.1. The average molecular weight is 669 g/mol. The van der Waals surface area contributed by atoms with Gasteiger partial charge in [-0.15, -0.1) is 0 Å². The van der Waals surface area contributed by atoms with E-state index in [9.17, 15) is 19.2 Å². The van der Waals surface area contributed by atoms with Gasteiger partial charge >= 0.3 is 23.9 Å². The Kier molecular flexibility index (Phi) is 13.8. The van der Waals surface area contributed by atoms with E-state index in [4.69, 9.17) is 37.9 Å². The molecule has 12 nitrogen and oxygen atoms in total. The first kappa shape index (κ1) is 36.4. The Morgan fingerprint density at radius 1 is 0.688 bits per heavy atom. The lowest BCUT2D eigenvalue weighted by molar-refractivity contribution is -0.147. The SMILES string of the molecule is C=C(C)C(=O)OCCCCOc1ccc(C(=O)O[C@@H]2COC3C2OC[C@H]3OC(=O)c2ccc(OCCCCOC(=O)C(C)C)cc2)cc1. The maximum absolute atomic E-state index is 12.8. The Hall–Kier alpha value is -4.42. The van der Waals surface area contributed by atoms with Crippen LogP contribution in [-0.2, 0) is 38.0 Å². The minimum Gasteiger partial charge on any atom is -0.494 e. The van der Waals surface area contributed by atoms with E-state index < -0.39 is 42.3 Å². The summed E-state index contributed by atoms with van der Waals surface area (Å²) in [5, 5.41) is 0. The van der Waals surface area contributed by atoms with Gasteiger partial charge in [0.1, 0.15) is 23.7 Å². The highest BCUT2D eigenvalue weighted by Gasteiger charge is 2.51. The molecular formula is C36H44O12. The fourth-order valence-corrected chi connectivity index (χ4v) is 4.83. The molecule has 12 heteroatoms. The van der Waals surface area contributed by atoms with Crippen molar-refractivity contribution in [2.75, 3.05) is 39.6 Å². The van der Waals surface area contributed by atoms with Gasteiger partial charge < -0.3 is 37.9 Å². The fraction of sp³-hybridized carbons (Fsp3) is 0.500. The molecule has 260 valence electrons. The van der Waals surface area contributed by atoms with Crippen molar-refractivity contribution < 1.29 is 57.1 Å². The van der Waals surface area contributed by atoms with Crippen LogP contribution in [-0.4, -0.2) is 87.9 Å². The number of carbonyl (C=O) groups is 4. The third-order valence-corrected chi connectivity index (χ3v) is 7.57. The number of esters is 4. The van der Waals surface area contributed by atoms with Crippen LogP contribution >= 0.6 is 0 Å². The molecule has 2 aliphatic rings. The van der Waals surface area contributed by atoms with Crippen molar-refractivity contribution in [3.63, 3.8) is 0 Å². The summed E-state index contributed by atoms with van der Waals surface area (Å²) in [7, 11) is 0. The Bertz CT molecular complexity index is 1380. The summed E-state index contributed by atoms with van der Waals surface area (Å²) in [4.78, 5) is 48.5. The zero-order valence-corrected chi connectivity index (χ0v) is 27.7. The first-order valence-corrected chi connectivity index (χ1v) is 16.2. The van der Waals surface area contributed by atoms with Crippen LogP contribution in [0.2, 0.25) is 0 Å². The summed E-state index contributed by atoms with van der Waals surface area (Å²) in [5.74, 6) is -0.613. The summed E-state index contributed by atoms with van der Waals surface area (Å²) < 4.78 is 44.6. The van der Waals surface area contributed by atoms with Gasteiger partial charge in [-0.3, -0.25) is 4.79 Å². The van der Waals surface area contributed by atoms with Crippen molar-refractivity contribution in [2.24, 2.45) is 5.92 Å². The average Bonchev–Trinajstić information content (AvgIpc) is 3.67. The molecule has 0 N–H and O–H groups in total. The Labute approximate surface area is 280 Å². The second-order valence-electron chi connectivity index (χ2n) is 11.9. The van der Waals surface area contributed by atoms with E-state index in [0.29, 0.717) is 73.9 Å². The molecule has 4 rings (SSSR count). The van der Waals surface area contributed by atoms with E-state index >= 15 is 0 Å². The largest absolute Gasteiger partial charge is 0.494 e.